The average molecular weight is 261 g/mol. The molecular weight excluding hydrogens is 238 g/mol. The van der Waals surface area contributed by atoms with Crippen LogP contribution in [0.15, 0.2) is 42.5 Å². The first-order valence-corrected chi connectivity index (χ1v) is 6.22. The minimum Gasteiger partial charge on any atom is -0.478 e. The maximum Gasteiger partial charge on any atom is 0.330 e. The normalized spacial score (nSPS) is 10.2. The molecule has 0 heterocycles. The van der Waals surface area contributed by atoms with Crippen molar-refractivity contribution in [2.75, 3.05) is 19.0 Å². The lowest BCUT2D eigenvalue weighted by Crippen LogP contribution is -2.09. The minimum absolute atomic E-state index is 0.424. The second-order valence-electron chi connectivity index (χ2n) is 4.26. The van der Waals surface area contributed by atoms with E-state index in [0.29, 0.717) is 5.57 Å². The summed E-state index contributed by atoms with van der Waals surface area (Å²) < 4.78 is 0. The maximum absolute atomic E-state index is 10.0. The molecule has 0 spiro atoms. The molecule has 1 aromatic carbocycles. The number of carboxylic acids is 1. The van der Waals surface area contributed by atoms with Crippen LogP contribution in [0.1, 0.15) is 25.8 Å². The standard InChI is InChI=1S/C10H13N.C6H10O2/c1-4-9-7-5-6-8-10(9)11(2)3;1-3-4-5(2)6(7)8/h4-8H,1H2,2-3H3;4H,3H2,1-2H3,(H,7,8). The Bertz CT molecular complexity index is 448. The Kier molecular flexibility index (Phi) is 8.02. The first-order valence-electron chi connectivity index (χ1n) is 6.22. The first kappa shape index (κ1) is 17.0. The zero-order valence-corrected chi connectivity index (χ0v) is 12.2. The van der Waals surface area contributed by atoms with Crippen molar-refractivity contribution in [2.24, 2.45) is 0 Å². The van der Waals surface area contributed by atoms with Crippen LogP contribution in [-0.2, 0) is 4.79 Å². The molecular formula is C16H23NO2. The van der Waals surface area contributed by atoms with E-state index in [2.05, 4.69) is 23.6 Å². The van der Waals surface area contributed by atoms with E-state index < -0.39 is 5.97 Å². The third-order valence-corrected chi connectivity index (χ3v) is 2.49. The second kappa shape index (κ2) is 8.97. The molecule has 0 saturated heterocycles. The molecule has 0 aliphatic carbocycles. The molecule has 104 valence electrons. The molecule has 0 radical (unpaired) electrons. The number of hydrogen-bond donors (Lipinski definition) is 1. The van der Waals surface area contributed by atoms with E-state index in [0.717, 1.165) is 6.42 Å². The van der Waals surface area contributed by atoms with Gasteiger partial charge in [-0.15, -0.1) is 0 Å². The van der Waals surface area contributed by atoms with Crippen molar-refractivity contribution >= 4 is 17.7 Å². The van der Waals surface area contributed by atoms with Gasteiger partial charge in [-0.3, -0.25) is 0 Å². The van der Waals surface area contributed by atoms with Gasteiger partial charge in [0.2, 0.25) is 0 Å². The molecule has 0 aliphatic heterocycles. The molecule has 0 aromatic heterocycles. The molecule has 0 saturated carbocycles. The number of nitrogens with zero attached hydrogens (tertiary/aromatic N) is 1. The van der Waals surface area contributed by atoms with Gasteiger partial charge in [0.15, 0.2) is 0 Å². The summed E-state index contributed by atoms with van der Waals surface area (Å²) >= 11 is 0. The highest BCUT2D eigenvalue weighted by Gasteiger charge is 1.97. The molecule has 0 fully saturated rings. The Labute approximate surface area is 115 Å². The fourth-order valence-electron chi connectivity index (χ4n) is 1.46. The van der Waals surface area contributed by atoms with Gasteiger partial charge in [0, 0.05) is 25.4 Å². The van der Waals surface area contributed by atoms with Crippen LogP contribution in [-0.4, -0.2) is 25.2 Å². The Morgan fingerprint density at radius 2 is 1.95 bits per heavy atom. The smallest absolute Gasteiger partial charge is 0.330 e. The summed E-state index contributed by atoms with van der Waals surface area (Å²) in [6.45, 7) is 7.25. The number of carbonyl (C=O) groups is 1. The van der Waals surface area contributed by atoms with Gasteiger partial charge in [-0.25, -0.2) is 4.79 Å². The number of hydrogen-bond acceptors (Lipinski definition) is 2. The van der Waals surface area contributed by atoms with Gasteiger partial charge < -0.3 is 10.0 Å². The quantitative estimate of drug-likeness (QED) is 0.837. The molecule has 1 aromatic rings. The Hall–Kier alpha value is -2.03. The molecule has 1 N–H and O–H groups in total. The van der Waals surface area contributed by atoms with Crippen LogP contribution < -0.4 is 4.90 Å². The fraction of sp³-hybridized carbons (Fsp3) is 0.312. The number of benzene rings is 1. The maximum atomic E-state index is 10.0. The highest BCUT2D eigenvalue weighted by Crippen LogP contribution is 2.18. The van der Waals surface area contributed by atoms with Crippen molar-refractivity contribution in [1.82, 2.24) is 0 Å². The summed E-state index contributed by atoms with van der Waals surface area (Å²) in [7, 11) is 4.06. The van der Waals surface area contributed by atoms with Crippen LogP contribution in [0.2, 0.25) is 0 Å². The highest BCUT2D eigenvalue weighted by atomic mass is 16.4. The lowest BCUT2D eigenvalue weighted by atomic mass is 10.1. The average Bonchev–Trinajstić information content (AvgIpc) is 2.39. The van der Waals surface area contributed by atoms with Crippen molar-refractivity contribution in [3.63, 3.8) is 0 Å². The fourth-order valence-corrected chi connectivity index (χ4v) is 1.46. The van der Waals surface area contributed by atoms with E-state index in [1.54, 1.807) is 13.0 Å². The summed E-state index contributed by atoms with van der Waals surface area (Å²) in [6.07, 6.45) is 4.34. The third kappa shape index (κ3) is 6.46. The van der Waals surface area contributed by atoms with Gasteiger partial charge in [0.25, 0.3) is 0 Å². The molecule has 0 unspecified atom stereocenters. The van der Waals surface area contributed by atoms with Gasteiger partial charge in [0.05, 0.1) is 0 Å². The van der Waals surface area contributed by atoms with Crippen molar-refractivity contribution in [1.29, 1.82) is 0 Å². The minimum atomic E-state index is -0.827. The van der Waals surface area contributed by atoms with Gasteiger partial charge in [-0.05, 0) is 25.0 Å². The summed E-state index contributed by atoms with van der Waals surface area (Å²) in [5.41, 5.74) is 2.81. The van der Waals surface area contributed by atoms with Crippen LogP contribution in [0.4, 0.5) is 5.69 Å². The van der Waals surface area contributed by atoms with E-state index >= 15 is 0 Å². The summed E-state index contributed by atoms with van der Waals surface area (Å²) in [5.74, 6) is -0.827. The third-order valence-electron chi connectivity index (χ3n) is 2.49. The van der Waals surface area contributed by atoms with Crippen molar-refractivity contribution in [3.05, 3.63) is 48.1 Å². The molecule has 3 nitrogen and oxygen atoms in total. The number of rotatable bonds is 4. The van der Waals surface area contributed by atoms with Gasteiger partial charge >= 0.3 is 5.97 Å². The largest absolute Gasteiger partial charge is 0.478 e. The molecule has 19 heavy (non-hydrogen) atoms. The number of aliphatic carboxylic acids is 1. The molecule has 1 rings (SSSR count). The summed E-state index contributed by atoms with van der Waals surface area (Å²) in [4.78, 5) is 12.1. The summed E-state index contributed by atoms with van der Waals surface area (Å²) in [5, 5.41) is 8.24. The number of anilines is 1. The molecule has 0 atom stereocenters. The predicted molar refractivity (Wildman–Crippen MR) is 82.5 cm³/mol. The van der Waals surface area contributed by atoms with Crippen LogP contribution in [0, 0.1) is 0 Å². The monoisotopic (exact) mass is 261 g/mol. The lowest BCUT2D eigenvalue weighted by Gasteiger charge is -2.14. The predicted octanol–water partition coefficient (Wildman–Crippen LogP) is 3.82. The zero-order chi connectivity index (χ0) is 14.8. The van der Waals surface area contributed by atoms with Gasteiger partial charge in [-0.1, -0.05) is 43.9 Å². The molecule has 0 aliphatic rings. The van der Waals surface area contributed by atoms with E-state index in [9.17, 15) is 4.79 Å². The van der Waals surface area contributed by atoms with Crippen LogP contribution in [0.3, 0.4) is 0 Å². The Balaban J connectivity index is 0.000000362. The Morgan fingerprint density at radius 3 is 2.26 bits per heavy atom. The van der Waals surface area contributed by atoms with Gasteiger partial charge in [0.1, 0.15) is 0 Å². The second-order valence-corrected chi connectivity index (χ2v) is 4.26. The van der Waals surface area contributed by atoms with Crippen molar-refractivity contribution in [3.8, 4) is 0 Å². The number of allylic oxidation sites excluding steroid dienone is 1. The molecule has 0 bridgehead atoms. The number of carboxylic acid groups (broad SMARTS) is 1. The van der Waals surface area contributed by atoms with Crippen LogP contribution in [0.25, 0.3) is 6.08 Å². The lowest BCUT2D eigenvalue weighted by molar-refractivity contribution is -0.132. The van der Waals surface area contributed by atoms with Crippen molar-refractivity contribution < 1.29 is 9.90 Å². The molecule has 3 heteroatoms. The first-order chi connectivity index (χ1) is 8.93. The van der Waals surface area contributed by atoms with Crippen molar-refractivity contribution in [2.45, 2.75) is 20.3 Å². The van der Waals surface area contributed by atoms with E-state index in [-0.39, 0.29) is 0 Å². The van der Waals surface area contributed by atoms with Crippen LogP contribution >= 0.6 is 0 Å². The topological polar surface area (TPSA) is 40.5 Å². The number of para-hydroxylation sites is 1. The van der Waals surface area contributed by atoms with Gasteiger partial charge in [-0.2, -0.15) is 0 Å². The van der Waals surface area contributed by atoms with Crippen LogP contribution in [0.5, 0.6) is 0 Å². The molecule has 0 amide bonds. The zero-order valence-electron chi connectivity index (χ0n) is 12.2. The van der Waals surface area contributed by atoms with E-state index in [4.69, 9.17) is 5.11 Å². The highest BCUT2D eigenvalue weighted by molar-refractivity contribution is 5.85. The van der Waals surface area contributed by atoms with E-state index in [1.807, 2.05) is 39.2 Å². The van der Waals surface area contributed by atoms with E-state index in [1.165, 1.54) is 11.3 Å². The Morgan fingerprint density at radius 1 is 1.37 bits per heavy atom. The summed E-state index contributed by atoms with van der Waals surface area (Å²) in [6, 6.07) is 8.19. The SMILES string of the molecule is C=Cc1ccccc1N(C)C.CCC=C(C)C(=O)O.